The summed E-state index contributed by atoms with van der Waals surface area (Å²) in [6.45, 7) is 8.76. The molecule has 186 valence electrons. The van der Waals surface area contributed by atoms with E-state index in [1.54, 1.807) is 18.2 Å². The van der Waals surface area contributed by atoms with Gasteiger partial charge in [-0.05, 0) is 80.3 Å². The Morgan fingerprint density at radius 1 is 0.917 bits per heavy atom. The minimum atomic E-state index is -0.817. The molecule has 1 aliphatic heterocycles. The molecule has 6 heteroatoms. The van der Waals surface area contributed by atoms with Gasteiger partial charge in [0.1, 0.15) is 17.3 Å². The standard InChI is InChI=1S/C30H31NO5/c1-5-16-36-25-15-14-22(17-20(25)4)28(32)26-27(21-11-9-12-23(18-21)35-6-2)31(30(34)29(26)33)24-13-8-7-10-19(24)3/h7-15,17-18,27,32H,5-6,16H2,1-4H3/b28-26+. The van der Waals surface area contributed by atoms with Crippen LogP contribution in [0.5, 0.6) is 11.5 Å². The molecule has 1 N–H and O–H groups in total. The van der Waals surface area contributed by atoms with Crippen molar-refractivity contribution < 1.29 is 24.2 Å². The van der Waals surface area contributed by atoms with Gasteiger partial charge in [-0.25, -0.2) is 0 Å². The van der Waals surface area contributed by atoms with Gasteiger partial charge in [0.05, 0.1) is 24.8 Å². The zero-order chi connectivity index (χ0) is 25.8. The minimum Gasteiger partial charge on any atom is -0.507 e. The molecular weight excluding hydrogens is 454 g/mol. The second-order valence-corrected chi connectivity index (χ2v) is 8.79. The number of carbonyl (C=O) groups excluding carboxylic acids is 2. The van der Waals surface area contributed by atoms with Crippen molar-refractivity contribution in [2.75, 3.05) is 18.1 Å². The van der Waals surface area contributed by atoms with Crippen molar-refractivity contribution in [3.63, 3.8) is 0 Å². The van der Waals surface area contributed by atoms with Gasteiger partial charge in [-0.15, -0.1) is 0 Å². The molecule has 0 bridgehead atoms. The smallest absolute Gasteiger partial charge is 0.300 e. The Kier molecular flexibility index (Phi) is 7.44. The lowest BCUT2D eigenvalue weighted by Gasteiger charge is -2.27. The molecule has 36 heavy (non-hydrogen) atoms. The van der Waals surface area contributed by atoms with Crippen molar-refractivity contribution in [1.82, 2.24) is 0 Å². The molecule has 1 unspecified atom stereocenters. The minimum absolute atomic E-state index is 0.0403. The van der Waals surface area contributed by atoms with Crippen LogP contribution in [0.25, 0.3) is 5.76 Å². The summed E-state index contributed by atoms with van der Waals surface area (Å²) >= 11 is 0. The highest BCUT2D eigenvalue weighted by atomic mass is 16.5. The van der Waals surface area contributed by atoms with E-state index < -0.39 is 17.7 Å². The van der Waals surface area contributed by atoms with Gasteiger partial charge in [0.25, 0.3) is 11.7 Å². The molecule has 0 saturated carbocycles. The SMILES string of the molecule is CCCOc1ccc(/C(O)=C2\C(=O)C(=O)N(c3ccccc3C)C2c2cccc(OCC)c2)cc1C. The molecule has 0 aromatic heterocycles. The molecule has 1 fully saturated rings. The van der Waals surface area contributed by atoms with Crippen LogP contribution >= 0.6 is 0 Å². The summed E-state index contributed by atoms with van der Waals surface area (Å²) in [5, 5.41) is 11.4. The first-order chi connectivity index (χ1) is 17.4. The Labute approximate surface area is 211 Å². The first kappa shape index (κ1) is 25.0. The van der Waals surface area contributed by atoms with Crippen LogP contribution in [0.15, 0.2) is 72.3 Å². The largest absolute Gasteiger partial charge is 0.507 e. The number of benzene rings is 3. The fraction of sp³-hybridized carbons (Fsp3) is 0.267. The van der Waals surface area contributed by atoms with Crippen LogP contribution in [0.3, 0.4) is 0 Å². The van der Waals surface area contributed by atoms with Crippen molar-refractivity contribution in [3.05, 3.63) is 94.6 Å². The summed E-state index contributed by atoms with van der Waals surface area (Å²) in [5.41, 5.74) is 3.45. The maximum atomic E-state index is 13.4. The lowest BCUT2D eigenvalue weighted by molar-refractivity contribution is -0.132. The van der Waals surface area contributed by atoms with E-state index in [1.165, 1.54) is 4.90 Å². The van der Waals surface area contributed by atoms with E-state index in [0.717, 1.165) is 23.3 Å². The van der Waals surface area contributed by atoms with Gasteiger partial charge in [0, 0.05) is 11.3 Å². The van der Waals surface area contributed by atoms with Crippen molar-refractivity contribution in [2.45, 2.75) is 40.2 Å². The van der Waals surface area contributed by atoms with Crippen molar-refractivity contribution in [2.24, 2.45) is 0 Å². The summed E-state index contributed by atoms with van der Waals surface area (Å²) in [6.07, 6.45) is 0.879. The van der Waals surface area contributed by atoms with Crippen LogP contribution in [-0.2, 0) is 9.59 Å². The van der Waals surface area contributed by atoms with Gasteiger partial charge in [-0.2, -0.15) is 0 Å². The second kappa shape index (κ2) is 10.7. The number of amides is 1. The van der Waals surface area contributed by atoms with Crippen LogP contribution in [-0.4, -0.2) is 30.0 Å². The highest BCUT2D eigenvalue weighted by molar-refractivity contribution is 6.51. The van der Waals surface area contributed by atoms with Crippen LogP contribution in [0.4, 0.5) is 5.69 Å². The summed E-state index contributed by atoms with van der Waals surface area (Å²) < 4.78 is 11.4. The molecule has 3 aromatic carbocycles. The topological polar surface area (TPSA) is 76.1 Å². The Morgan fingerprint density at radius 2 is 1.69 bits per heavy atom. The van der Waals surface area contributed by atoms with Crippen molar-refractivity contribution >= 4 is 23.1 Å². The zero-order valence-corrected chi connectivity index (χ0v) is 21.1. The lowest BCUT2D eigenvalue weighted by Crippen LogP contribution is -2.30. The van der Waals surface area contributed by atoms with Crippen LogP contribution in [0.1, 0.15) is 48.6 Å². The third-order valence-electron chi connectivity index (χ3n) is 6.21. The zero-order valence-electron chi connectivity index (χ0n) is 21.1. The Balaban J connectivity index is 1.90. The molecule has 1 heterocycles. The predicted molar refractivity (Wildman–Crippen MR) is 141 cm³/mol. The molecule has 1 atom stereocenters. The fourth-order valence-corrected chi connectivity index (χ4v) is 4.50. The number of hydrogen-bond donors (Lipinski definition) is 1. The number of ketones is 1. The maximum Gasteiger partial charge on any atom is 0.300 e. The Hall–Kier alpha value is -4.06. The van der Waals surface area contributed by atoms with Gasteiger partial charge in [-0.1, -0.05) is 37.3 Å². The number of rotatable bonds is 8. The van der Waals surface area contributed by atoms with Crippen LogP contribution < -0.4 is 14.4 Å². The third kappa shape index (κ3) is 4.71. The molecule has 6 nitrogen and oxygen atoms in total. The number of hydrogen-bond acceptors (Lipinski definition) is 5. The first-order valence-corrected chi connectivity index (χ1v) is 12.2. The van der Waals surface area contributed by atoms with Crippen molar-refractivity contribution in [3.8, 4) is 11.5 Å². The molecular formula is C30H31NO5. The molecule has 1 amide bonds. The molecule has 1 aliphatic rings. The quantitative estimate of drug-likeness (QED) is 0.236. The monoisotopic (exact) mass is 485 g/mol. The molecule has 0 radical (unpaired) electrons. The summed E-state index contributed by atoms with van der Waals surface area (Å²) in [5.74, 6) is -0.293. The average molecular weight is 486 g/mol. The van der Waals surface area contributed by atoms with Crippen LogP contribution in [0.2, 0.25) is 0 Å². The van der Waals surface area contributed by atoms with Gasteiger partial charge >= 0.3 is 0 Å². The van der Waals surface area contributed by atoms with E-state index in [-0.39, 0.29) is 11.3 Å². The van der Waals surface area contributed by atoms with E-state index in [9.17, 15) is 14.7 Å². The molecule has 4 rings (SSSR count). The number of aliphatic hydroxyl groups excluding tert-OH is 1. The number of nitrogens with zero attached hydrogens (tertiary/aromatic N) is 1. The van der Waals surface area contributed by atoms with Gasteiger partial charge in [0.2, 0.25) is 0 Å². The Bertz CT molecular complexity index is 1330. The number of carbonyl (C=O) groups is 2. The predicted octanol–water partition coefficient (Wildman–Crippen LogP) is 6.12. The number of ether oxygens (including phenoxy) is 2. The number of para-hydroxylation sites is 1. The van der Waals surface area contributed by atoms with Crippen molar-refractivity contribution in [1.29, 1.82) is 0 Å². The third-order valence-corrected chi connectivity index (χ3v) is 6.21. The summed E-state index contributed by atoms with van der Waals surface area (Å²) in [4.78, 5) is 28.3. The second-order valence-electron chi connectivity index (χ2n) is 8.79. The summed E-state index contributed by atoms with van der Waals surface area (Å²) in [7, 11) is 0. The maximum absolute atomic E-state index is 13.4. The molecule has 0 spiro atoms. The molecule has 0 aliphatic carbocycles. The Morgan fingerprint density at radius 3 is 2.39 bits per heavy atom. The number of aliphatic hydroxyl groups is 1. The van der Waals surface area contributed by atoms with E-state index in [0.29, 0.717) is 35.8 Å². The average Bonchev–Trinajstić information content (AvgIpc) is 3.13. The molecule has 3 aromatic rings. The summed E-state index contributed by atoms with van der Waals surface area (Å²) in [6, 6.07) is 19.1. The van der Waals surface area contributed by atoms with Gasteiger partial charge in [0.15, 0.2) is 0 Å². The van der Waals surface area contributed by atoms with E-state index >= 15 is 0 Å². The fourth-order valence-electron chi connectivity index (χ4n) is 4.50. The highest BCUT2D eigenvalue weighted by Crippen LogP contribution is 2.44. The molecule has 1 saturated heterocycles. The highest BCUT2D eigenvalue weighted by Gasteiger charge is 2.47. The lowest BCUT2D eigenvalue weighted by atomic mass is 9.94. The number of aryl methyl sites for hydroxylation is 2. The van der Waals surface area contributed by atoms with E-state index in [1.807, 2.05) is 76.2 Å². The van der Waals surface area contributed by atoms with Gasteiger partial charge in [-0.3, -0.25) is 14.5 Å². The normalized spacial score (nSPS) is 16.9. The number of Topliss-reactive ketones (excluding diaryl/α,β-unsaturated/α-hetero) is 1. The van der Waals surface area contributed by atoms with E-state index in [2.05, 4.69) is 0 Å². The number of anilines is 1. The van der Waals surface area contributed by atoms with Crippen LogP contribution in [0, 0.1) is 13.8 Å². The van der Waals surface area contributed by atoms with E-state index in [4.69, 9.17) is 9.47 Å². The first-order valence-electron chi connectivity index (χ1n) is 12.2. The van der Waals surface area contributed by atoms with Gasteiger partial charge < -0.3 is 14.6 Å².